The summed E-state index contributed by atoms with van der Waals surface area (Å²) < 4.78 is 13.1. The van der Waals surface area contributed by atoms with Crippen LogP contribution in [0, 0.1) is 11.3 Å². The number of anilines is 6. The minimum absolute atomic E-state index is 0.0900. The van der Waals surface area contributed by atoms with E-state index in [1.165, 1.54) is 11.1 Å². The van der Waals surface area contributed by atoms with Gasteiger partial charge in [0.05, 0.1) is 45.8 Å². The van der Waals surface area contributed by atoms with E-state index in [0.717, 1.165) is 85.9 Å². The second-order valence-corrected chi connectivity index (χ2v) is 14.3. The van der Waals surface area contributed by atoms with Gasteiger partial charge in [0.2, 0.25) is 0 Å². The van der Waals surface area contributed by atoms with Crippen LogP contribution in [0.25, 0.3) is 22.3 Å². The average molecular weight is 701 g/mol. The van der Waals surface area contributed by atoms with Crippen molar-refractivity contribution in [1.82, 2.24) is 5.32 Å². The van der Waals surface area contributed by atoms with Crippen LogP contribution in [0.15, 0.2) is 152 Å². The second kappa shape index (κ2) is 12.7. The molecule has 3 heterocycles. The maximum Gasteiger partial charge on any atom is 0.151 e. The smallest absolute Gasteiger partial charge is 0.151 e. The van der Waals surface area contributed by atoms with Gasteiger partial charge >= 0.3 is 0 Å². The van der Waals surface area contributed by atoms with Crippen LogP contribution in [0.3, 0.4) is 0 Å². The van der Waals surface area contributed by atoms with Crippen LogP contribution < -0.4 is 24.6 Å². The quantitative estimate of drug-likeness (QED) is 0.174. The number of nitrogens with zero attached hydrogens (tertiary/aromatic N) is 3. The van der Waals surface area contributed by atoms with E-state index in [-0.39, 0.29) is 5.92 Å². The van der Waals surface area contributed by atoms with Crippen molar-refractivity contribution < 1.29 is 9.47 Å². The molecule has 7 aromatic rings. The molecule has 3 aliphatic heterocycles. The summed E-state index contributed by atoms with van der Waals surface area (Å²) in [5, 5.41) is 13.3. The predicted molar refractivity (Wildman–Crippen MR) is 216 cm³/mol. The van der Waals surface area contributed by atoms with Crippen LogP contribution in [-0.2, 0) is 0 Å². The lowest BCUT2D eigenvalue weighted by Gasteiger charge is -2.39. The predicted octanol–water partition coefficient (Wildman–Crippen LogP) is 12.8. The molecule has 1 atom stereocenters. The van der Waals surface area contributed by atoms with E-state index >= 15 is 0 Å². The van der Waals surface area contributed by atoms with E-state index in [0.29, 0.717) is 11.6 Å². The lowest BCUT2D eigenvalue weighted by molar-refractivity contribution is 0.477. The van der Waals surface area contributed by atoms with Crippen molar-refractivity contribution in [1.29, 1.82) is 5.26 Å². The van der Waals surface area contributed by atoms with Crippen LogP contribution in [-0.4, -0.2) is 6.54 Å². The summed E-state index contributed by atoms with van der Waals surface area (Å²) in [7, 11) is 0. The maximum atomic E-state index is 9.83. The van der Waals surface area contributed by atoms with Crippen molar-refractivity contribution in [3.8, 4) is 51.3 Å². The number of hydrogen-bond acceptors (Lipinski definition) is 6. The van der Waals surface area contributed by atoms with Gasteiger partial charge in [-0.25, -0.2) is 0 Å². The molecule has 6 heteroatoms. The van der Waals surface area contributed by atoms with Gasteiger partial charge in [0.15, 0.2) is 23.0 Å². The molecule has 1 unspecified atom stereocenters. The van der Waals surface area contributed by atoms with Gasteiger partial charge in [-0.05, 0) is 94.9 Å². The Labute approximate surface area is 315 Å². The molecule has 0 saturated carbocycles. The standard InChI is InChI=1S/C48H36N4O2/c1-30(2)46-47(33-21-19-31(28-49)20-22-33)40(51-36-11-3-7-15-42(36)53-43-16-8-4-12-37(43)51)27-41(48(46)34-25-23-32(24-26-34)35-29-50-35)52-38-13-5-9-17-44(38)54-45-18-10-6-14-39(45)52/h3-27,30,35,50H,29H2,1-2H3. The third kappa shape index (κ3) is 5.21. The molecule has 6 nitrogen and oxygen atoms in total. The molecule has 0 bridgehead atoms. The number of rotatable bonds is 6. The van der Waals surface area contributed by atoms with Crippen molar-refractivity contribution in [2.45, 2.75) is 25.8 Å². The Morgan fingerprint density at radius 2 is 0.944 bits per heavy atom. The van der Waals surface area contributed by atoms with Crippen molar-refractivity contribution in [2.24, 2.45) is 0 Å². The van der Waals surface area contributed by atoms with Gasteiger partial charge in [-0.3, -0.25) is 0 Å². The number of ether oxygens (including phenoxy) is 2. The molecule has 0 aliphatic carbocycles. The van der Waals surface area contributed by atoms with Gasteiger partial charge in [-0.15, -0.1) is 0 Å². The Morgan fingerprint density at radius 1 is 0.556 bits per heavy atom. The SMILES string of the molecule is CC(C)c1c(-c2ccc(C#N)cc2)c(N2c3ccccc3Oc3ccccc32)cc(N2c3ccccc3Oc3ccccc32)c1-c1ccc(C2CN2)cc1. The minimum atomic E-state index is 0.0900. The van der Waals surface area contributed by atoms with Crippen molar-refractivity contribution in [3.63, 3.8) is 0 Å². The second-order valence-electron chi connectivity index (χ2n) is 14.3. The number of nitriles is 1. The molecular formula is C48H36N4O2. The van der Waals surface area contributed by atoms with Gasteiger partial charge in [0, 0.05) is 23.7 Å². The number of benzene rings is 7. The third-order valence-corrected chi connectivity index (χ3v) is 10.6. The van der Waals surface area contributed by atoms with Crippen LogP contribution in [0.2, 0.25) is 0 Å². The number of hydrogen-bond donors (Lipinski definition) is 1. The topological polar surface area (TPSA) is 70.7 Å². The lowest BCUT2D eigenvalue weighted by Crippen LogP contribution is -2.21. The fourth-order valence-corrected chi connectivity index (χ4v) is 8.03. The molecule has 0 radical (unpaired) electrons. The highest BCUT2D eigenvalue weighted by Crippen LogP contribution is 2.59. The highest BCUT2D eigenvalue weighted by Gasteiger charge is 2.35. The Bertz CT molecular complexity index is 2530. The summed E-state index contributed by atoms with van der Waals surface area (Å²) in [5.41, 5.74) is 13.4. The largest absolute Gasteiger partial charge is 0.453 e. The Kier molecular flexibility index (Phi) is 7.50. The molecule has 10 rings (SSSR count). The molecule has 1 fully saturated rings. The monoisotopic (exact) mass is 700 g/mol. The van der Waals surface area contributed by atoms with Gasteiger partial charge in [-0.1, -0.05) is 98.8 Å². The zero-order valence-electron chi connectivity index (χ0n) is 30.0. The highest BCUT2D eigenvalue weighted by molar-refractivity contribution is 6.04. The summed E-state index contributed by atoms with van der Waals surface area (Å²) in [5.74, 6) is 3.24. The molecular weight excluding hydrogens is 665 g/mol. The fourth-order valence-electron chi connectivity index (χ4n) is 8.03. The first-order valence-electron chi connectivity index (χ1n) is 18.4. The van der Waals surface area contributed by atoms with E-state index in [4.69, 9.17) is 9.47 Å². The average Bonchev–Trinajstić information content (AvgIpc) is 4.07. The molecule has 0 aromatic heterocycles. The lowest BCUT2D eigenvalue weighted by atomic mass is 9.82. The maximum absolute atomic E-state index is 9.83. The van der Waals surface area contributed by atoms with Crippen molar-refractivity contribution >= 4 is 34.1 Å². The van der Waals surface area contributed by atoms with E-state index in [2.05, 4.69) is 126 Å². The summed E-state index contributed by atoms with van der Waals surface area (Å²) in [6.45, 7) is 5.57. The number of nitrogens with one attached hydrogen (secondary N) is 1. The van der Waals surface area contributed by atoms with Gasteiger partial charge in [-0.2, -0.15) is 5.26 Å². The molecule has 260 valence electrons. The molecule has 0 spiro atoms. The van der Waals surface area contributed by atoms with Gasteiger partial charge in [0.1, 0.15) is 0 Å². The molecule has 54 heavy (non-hydrogen) atoms. The Hall–Kier alpha value is -6.81. The van der Waals surface area contributed by atoms with Crippen molar-refractivity contribution in [3.05, 3.63) is 168 Å². The van der Waals surface area contributed by atoms with Crippen LogP contribution in [0.4, 0.5) is 34.1 Å². The normalized spacial score (nSPS) is 14.9. The van der Waals surface area contributed by atoms with Gasteiger partial charge < -0.3 is 24.6 Å². The first-order valence-corrected chi connectivity index (χ1v) is 18.4. The van der Waals surface area contributed by atoms with E-state index in [1.54, 1.807) is 0 Å². The summed E-state index contributed by atoms with van der Waals surface area (Å²) >= 11 is 0. The van der Waals surface area contributed by atoms with Crippen molar-refractivity contribution in [2.75, 3.05) is 16.3 Å². The highest BCUT2D eigenvalue weighted by atomic mass is 16.5. The Balaban J connectivity index is 1.37. The zero-order valence-corrected chi connectivity index (χ0v) is 30.0. The van der Waals surface area contributed by atoms with E-state index in [9.17, 15) is 5.26 Å². The minimum Gasteiger partial charge on any atom is -0.453 e. The number of para-hydroxylation sites is 8. The first-order chi connectivity index (χ1) is 26.6. The van der Waals surface area contributed by atoms with E-state index < -0.39 is 0 Å². The zero-order chi connectivity index (χ0) is 36.3. The summed E-state index contributed by atoms with van der Waals surface area (Å²) in [4.78, 5) is 4.72. The summed E-state index contributed by atoms with van der Waals surface area (Å²) in [6, 6.07) is 55.2. The molecule has 0 amide bonds. The Morgan fingerprint density at radius 3 is 1.31 bits per heavy atom. The molecule has 1 saturated heterocycles. The molecule has 1 N–H and O–H groups in total. The van der Waals surface area contributed by atoms with E-state index in [1.807, 2.05) is 60.7 Å². The summed E-state index contributed by atoms with van der Waals surface area (Å²) in [6.07, 6.45) is 0. The van der Waals surface area contributed by atoms with Crippen LogP contribution >= 0.6 is 0 Å². The molecule has 3 aliphatic rings. The number of fused-ring (bicyclic) bond motifs is 4. The van der Waals surface area contributed by atoms with Crippen LogP contribution in [0.5, 0.6) is 23.0 Å². The third-order valence-electron chi connectivity index (χ3n) is 10.6. The van der Waals surface area contributed by atoms with Gasteiger partial charge in [0.25, 0.3) is 0 Å². The van der Waals surface area contributed by atoms with Crippen LogP contribution in [0.1, 0.15) is 42.5 Å². The first kappa shape index (κ1) is 31.9. The molecule has 7 aromatic carbocycles. The fraction of sp³-hybridized carbons (Fsp3) is 0.104.